The Hall–Kier alpha value is -1.75. The van der Waals surface area contributed by atoms with Gasteiger partial charge in [-0.15, -0.1) is 0 Å². The zero-order valence-corrected chi connectivity index (χ0v) is 11.5. The minimum Gasteiger partial charge on any atom is -0.478 e. The number of benzene rings is 1. The van der Waals surface area contributed by atoms with Crippen LogP contribution in [0.5, 0.6) is 0 Å². The fourth-order valence-electron chi connectivity index (χ4n) is 2.44. The third-order valence-corrected chi connectivity index (χ3v) is 3.69. The van der Waals surface area contributed by atoms with Crippen LogP contribution in [0.15, 0.2) is 12.1 Å². The predicted octanol–water partition coefficient (Wildman–Crippen LogP) is 1.42. The summed E-state index contributed by atoms with van der Waals surface area (Å²) in [6.45, 7) is 5.79. The van der Waals surface area contributed by atoms with E-state index in [4.69, 9.17) is 5.73 Å². The molecule has 0 aliphatic carbocycles. The maximum absolute atomic E-state index is 11.2. The summed E-state index contributed by atoms with van der Waals surface area (Å²) in [7, 11) is 2.11. The Kier molecular flexibility index (Phi) is 3.95. The number of aryl methyl sites for hydroxylation is 1. The lowest BCUT2D eigenvalue weighted by Gasteiger charge is -2.24. The lowest BCUT2D eigenvalue weighted by atomic mass is 10.1. The molecular formula is C14H21N3O2. The van der Waals surface area contributed by atoms with E-state index in [0.29, 0.717) is 5.69 Å². The largest absolute Gasteiger partial charge is 0.478 e. The number of nitrogens with zero attached hydrogens (tertiary/aromatic N) is 2. The molecule has 1 saturated heterocycles. The van der Waals surface area contributed by atoms with E-state index < -0.39 is 5.97 Å². The van der Waals surface area contributed by atoms with Crippen molar-refractivity contribution in [1.29, 1.82) is 0 Å². The Bertz CT molecular complexity index is 488. The van der Waals surface area contributed by atoms with Crippen molar-refractivity contribution in [3.8, 4) is 0 Å². The van der Waals surface area contributed by atoms with Crippen molar-refractivity contribution < 1.29 is 9.90 Å². The summed E-state index contributed by atoms with van der Waals surface area (Å²) in [6.07, 6.45) is 1.09. The normalized spacial score (nSPS) is 17.3. The minimum absolute atomic E-state index is 0.201. The number of rotatable bonds is 2. The number of hydrogen-bond donors (Lipinski definition) is 2. The highest BCUT2D eigenvalue weighted by Gasteiger charge is 2.17. The van der Waals surface area contributed by atoms with E-state index in [1.165, 1.54) is 0 Å². The molecule has 0 saturated carbocycles. The smallest absolute Gasteiger partial charge is 0.337 e. The molecule has 1 aliphatic heterocycles. The second-order valence-corrected chi connectivity index (χ2v) is 5.17. The molecule has 0 spiro atoms. The Labute approximate surface area is 113 Å². The van der Waals surface area contributed by atoms with Crippen LogP contribution in [0.4, 0.5) is 11.4 Å². The zero-order valence-electron chi connectivity index (χ0n) is 11.5. The topological polar surface area (TPSA) is 69.8 Å². The number of nitrogen functional groups attached to an aromatic ring is 1. The molecule has 0 aromatic heterocycles. The van der Waals surface area contributed by atoms with Crippen LogP contribution >= 0.6 is 0 Å². The van der Waals surface area contributed by atoms with Gasteiger partial charge in [-0.3, -0.25) is 0 Å². The summed E-state index contributed by atoms with van der Waals surface area (Å²) >= 11 is 0. The first-order valence-electron chi connectivity index (χ1n) is 6.56. The van der Waals surface area contributed by atoms with Gasteiger partial charge in [-0.2, -0.15) is 0 Å². The third kappa shape index (κ3) is 2.98. The highest BCUT2D eigenvalue weighted by molar-refractivity contribution is 5.95. The van der Waals surface area contributed by atoms with Crippen molar-refractivity contribution in [3.63, 3.8) is 0 Å². The van der Waals surface area contributed by atoms with Crippen molar-refractivity contribution in [2.75, 3.05) is 43.9 Å². The molecule has 0 amide bonds. The molecule has 5 nitrogen and oxygen atoms in total. The molecule has 1 heterocycles. The van der Waals surface area contributed by atoms with Crippen LogP contribution in [0.2, 0.25) is 0 Å². The summed E-state index contributed by atoms with van der Waals surface area (Å²) < 4.78 is 0. The molecule has 5 heteroatoms. The van der Waals surface area contributed by atoms with E-state index in [9.17, 15) is 9.90 Å². The van der Waals surface area contributed by atoms with Gasteiger partial charge in [-0.05, 0) is 44.6 Å². The summed E-state index contributed by atoms with van der Waals surface area (Å²) in [4.78, 5) is 15.8. The molecule has 0 bridgehead atoms. The second kappa shape index (κ2) is 5.48. The first-order chi connectivity index (χ1) is 8.99. The Morgan fingerprint density at radius 2 is 2.00 bits per heavy atom. The molecule has 1 aliphatic rings. The van der Waals surface area contributed by atoms with Gasteiger partial charge in [-0.1, -0.05) is 0 Å². The van der Waals surface area contributed by atoms with Crippen molar-refractivity contribution in [1.82, 2.24) is 4.90 Å². The van der Waals surface area contributed by atoms with Gasteiger partial charge in [0.25, 0.3) is 0 Å². The predicted molar refractivity (Wildman–Crippen MR) is 76.9 cm³/mol. The molecule has 0 unspecified atom stereocenters. The number of anilines is 2. The van der Waals surface area contributed by atoms with Crippen LogP contribution in [0.3, 0.4) is 0 Å². The van der Waals surface area contributed by atoms with Crippen LogP contribution in [0.25, 0.3) is 0 Å². The minimum atomic E-state index is -0.964. The number of carboxylic acid groups (broad SMARTS) is 1. The van der Waals surface area contributed by atoms with Crippen LogP contribution in [0.1, 0.15) is 22.3 Å². The highest BCUT2D eigenvalue weighted by atomic mass is 16.4. The third-order valence-electron chi connectivity index (χ3n) is 3.69. The maximum Gasteiger partial charge on any atom is 0.337 e. The number of hydrogen-bond acceptors (Lipinski definition) is 4. The SMILES string of the molecule is Cc1cc(N2CCCN(C)CC2)cc(C(=O)O)c1N. The molecule has 2 rings (SSSR count). The summed E-state index contributed by atoms with van der Waals surface area (Å²) in [5.41, 5.74) is 8.18. The average Bonchev–Trinajstić information content (AvgIpc) is 2.57. The molecule has 104 valence electrons. The summed E-state index contributed by atoms with van der Waals surface area (Å²) in [6, 6.07) is 3.67. The molecule has 19 heavy (non-hydrogen) atoms. The fourth-order valence-corrected chi connectivity index (χ4v) is 2.44. The van der Waals surface area contributed by atoms with Gasteiger partial charge in [0.1, 0.15) is 0 Å². The van der Waals surface area contributed by atoms with E-state index in [0.717, 1.165) is 43.9 Å². The van der Waals surface area contributed by atoms with Gasteiger partial charge in [0.15, 0.2) is 0 Å². The Morgan fingerprint density at radius 3 is 2.68 bits per heavy atom. The molecule has 3 N–H and O–H groups in total. The first-order valence-corrected chi connectivity index (χ1v) is 6.56. The maximum atomic E-state index is 11.2. The van der Waals surface area contributed by atoms with Crippen molar-refractivity contribution >= 4 is 17.3 Å². The van der Waals surface area contributed by atoms with Gasteiger partial charge in [0.05, 0.1) is 5.56 Å². The zero-order chi connectivity index (χ0) is 14.0. The summed E-state index contributed by atoms with van der Waals surface area (Å²) in [5, 5.41) is 9.20. The number of nitrogens with two attached hydrogens (primary N) is 1. The van der Waals surface area contributed by atoms with Crippen LogP contribution in [-0.2, 0) is 0 Å². The molecule has 1 fully saturated rings. The molecule has 0 radical (unpaired) electrons. The standard InChI is InChI=1S/C14H21N3O2/c1-10-8-11(9-12(13(10)15)14(18)19)17-5-3-4-16(2)6-7-17/h8-9H,3-7,15H2,1-2H3,(H,18,19). The van der Waals surface area contributed by atoms with Crippen molar-refractivity contribution in [2.24, 2.45) is 0 Å². The number of likely N-dealkylation sites (N-methyl/N-ethyl adjacent to an activating group) is 1. The van der Waals surface area contributed by atoms with E-state index >= 15 is 0 Å². The lowest BCUT2D eigenvalue weighted by molar-refractivity contribution is 0.0698. The average molecular weight is 263 g/mol. The van der Waals surface area contributed by atoms with Crippen molar-refractivity contribution in [2.45, 2.75) is 13.3 Å². The van der Waals surface area contributed by atoms with Crippen LogP contribution in [0, 0.1) is 6.92 Å². The first kappa shape index (κ1) is 13.7. The molecule has 0 atom stereocenters. The molecule has 1 aromatic carbocycles. The monoisotopic (exact) mass is 263 g/mol. The van der Waals surface area contributed by atoms with E-state index in [2.05, 4.69) is 16.8 Å². The second-order valence-electron chi connectivity index (χ2n) is 5.17. The number of aromatic carboxylic acids is 1. The lowest BCUT2D eigenvalue weighted by Crippen LogP contribution is -2.29. The van der Waals surface area contributed by atoms with Gasteiger partial charge in [-0.25, -0.2) is 4.79 Å². The number of carboxylic acids is 1. The summed E-state index contributed by atoms with van der Waals surface area (Å²) in [5.74, 6) is -0.964. The molecule has 1 aromatic rings. The van der Waals surface area contributed by atoms with Gasteiger partial charge >= 0.3 is 5.97 Å². The fraction of sp³-hybridized carbons (Fsp3) is 0.500. The van der Waals surface area contributed by atoms with E-state index in [-0.39, 0.29) is 5.56 Å². The van der Waals surface area contributed by atoms with Crippen molar-refractivity contribution in [3.05, 3.63) is 23.3 Å². The quantitative estimate of drug-likeness (QED) is 0.790. The van der Waals surface area contributed by atoms with Gasteiger partial charge in [0.2, 0.25) is 0 Å². The van der Waals surface area contributed by atoms with Gasteiger partial charge in [0, 0.05) is 31.0 Å². The Morgan fingerprint density at radius 1 is 1.26 bits per heavy atom. The number of carbonyl (C=O) groups is 1. The van der Waals surface area contributed by atoms with Crippen LogP contribution < -0.4 is 10.6 Å². The van der Waals surface area contributed by atoms with E-state index in [1.54, 1.807) is 6.07 Å². The highest BCUT2D eigenvalue weighted by Crippen LogP contribution is 2.26. The molecular weight excluding hydrogens is 242 g/mol. The Balaban J connectivity index is 2.31. The van der Waals surface area contributed by atoms with Crippen LogP contribution in [-0.4, -0.2) is 49.2 Å². The van der Waals surface area contributed by atoms with Gasteiger partial charge < -0.3 is 20.6 Å². The van der Waals surface area contributed by atoms with E-state index in [1.807, 2.05) is 13.0 Å².